The number of hydrogen-bond donors (Lipinski definition) is 2. The molecule has 0 radical (unpaired) electrons. The first kappa shape index (κ1) is 13.4. The second kappa shape index (κ2) is 5.83. The summed E-state index contributed by atoms with van der Waals surface area (Å²) in [6, 6.07) is 7.54. The molecule has 5 nitrogen and oxygen atoms in total. The summed E-state index contributed by atoms with van der Waals surface area (Å²) < 4.78 is 10.8. The molecule has 1 fully saturated rings. The molecule has 1 unspecified atom stereocenters. The lowest BCUT2D eigenvalue weighted by atomic mass is 10.2. The Kier molecular flexibility index (Phi) is 3.91. The molecule has 0 saturated carbocycles. The van der Waals surface area contributed by atoms with Crippen LogP contribution in [0.1, 0.15) is 10.5 Å². The Balaban J connectivity index is 1.70. The normalized spacial score (nSPS) is 19.1. The molecule has 1 aromatic carbocycles. The first-order valence-corrected chi connectivity index (χ1v) is 6.87. The van der Waals surface area contributed by atoms with Crippen molar-refractivity contribution in [2.45, 2.75) is 6.10 Å². The predicted octanol–water partition coefficient (Wildman–Crippen LogP) is 1.97. The minimum absolute atomic E-state index is 0.101. The van der Waals surface area contributed by atoms with E-state index in [4.69, 9.17) is 21.1 Å². The molecule has 1 saturated heterocycles. The van der Waals surface area contributed by atoms with Gasteiger partial charge in [0.05, 0.1) is 30.9 Å². The van der Waals surface area contributed by atoms with E-state index in [1.165, 1.54) is 0 Å². The maximum atomic E-state index is 12.2. The van der Waals surface area contributed by atoms with E-state index in [2.05, 4.69) is 10.3 Å². The molecule has 106 valence electrons. The third-order valence-corrected chi connectivity index (χ3v) is 3.64. The van der Waals surface area contributed by atoms with Gasteiger partial charge in [0, 0.05) is 17.4 Å². The van der Waals surface area contributed by atoms with Gasteiger partial charge in [-0.2, -0.15) is 0 Å². The quantitative estimate of drug-likeness (QED) is 0.910. The van der Waals surface area contributed by atoms with Crippen molar-refractivity contribution in [3.8, 4) is 0 Å². The molecule has 0 aliphatic carbocycles. The number of ether oxygens (including phenoxy) is 2. The number of carbonyl (C=O) groups is 1. The van der Waals surface area contributed by atoms with Crippen LogP contribution in [-0.4, -0.2) is 43.4 Å². The fraction of sp³-hybridized carbons (Fsp3) is 0.357. The minimum Gasteiger partial charge on any atom is -0.376 e. The van der Waals surface area contributed by atoms with E-state index in [0.717, 1.165) is 10.9 Å². The summed E-state index contributed by atoms with van der Waals surface area (Å²) >= 11 is 6.23. The van der Waals surface area contributed by atoms with Gasteiger partial charge in [0.2, 0.25) is 0 Å². The fourth-order valence-electron chi connectivity index (χ4n) is 2.21. The standard InChI is InChI=1S/C14H15ClN2O3/c15-12-10-3-1-2-4-11(10)17-13(12)14(18)16-7-9-8-19-5-6-20-9/h1-4,9,17H,5-8H2,(H,16,18). The molecule has 2 N–H and O–H groups in total. The number of hydrogen-bond acceptors (Lipinski definition) is 3. The van der Waals surface area contributed by atoms with Crippen molar-refractivity contribution in [1.29, 1.82) is 0 Å². The molecular weight excluding hydrogens is 280 g/mol. The van der Waals surface area contributed by atoms with Crippen LogP contribution in [0.2, 0.25) is 5.02 Å². The second-order valence-corrected chi connectivity index (χ2v) is 5.02. The van der Waals surface area contributed by atoms with Gasteiger partial charge >= 0.3 is 0 Å². The summed E-state index contributed by atoms with van der Waals surface area (Å²) in [5.74, 6) is -0.236. The smallest absolute Gasteiger partial charge is 0.269 e. The lowest BCUT2D eigenvalue weighted by molar-refractivity contribution is -0.0855. The third kappa shape index (κ3) is 2.65. The summed E-state index contributed by atoms with van der Waals surface area (Å²) in [7, 11) is 0. The van der Waals surface area contributed by atoms with Crippen molar-refractivity contribution in [2.75, 3.05) is 26.4 Å². The van der Waals surface area contributed by atoms with Crippen LogP contribution in [0.5, 0.6) is 0 Å². The number of halogens is 1. The summed E-state index contributed by atoms with van der Waals surface area (Å²) in [4.78, 5) is 15.2. The van der Waals surface area contributed by atoms with E-state index < -0.39 is 0 Å². The van der Waals surface area contributed by atoms with Crippen molar-refractivity contribution < 1.29 is 14.3 Å². The van der Waals surface area contributed by atoms with Gasteiger partial charge in [0.25, 0.3) is 5.91 Å². The number of rotatable bonds is 3. The van der Waals surface area contributed by atoms with Crippen LogP contribution >= 0.6 is 11.6 Å². The van der Waals surface area contributed by atoms with Crippen LogP contribution in [0.4, 0.5) is 0 Å². The summed E-state index contributed by atoms with van der Waals surface area (Å²) in [6.07, 6.45) is -0.101. The topological polar surface area (TPSA) is 63.4 Å². The van der Waals surface area contributed by atoms with Gasteiger partial charge in [0.1, 0.15) is 5.69 Å². The van der Waals surface area contributed by atoms with Crippen molar-refractivity contribution >= 4 is 28.4 Å². The van der Waals surface area contributed by atoms with E-state index in [9.17, 15) is 4.79 Å². The molecule has 1 aliphatic rings. The van der Waals surface area contributed by atoms with E-state index in [0.29, 0.717) is 37.1 Å². The number of fused-ring (bicyclic) bond motifs is 1. The van der Waals surface area contributed by atoms with Crippen LogP contribution in [0.3, 0.4) is 0 Å². The monoisotopic (exact) mass is 294 g/mol. The van der Waals surface area contributed by atoms with Gasteiger partial charge < -0.3 is 19.8 Å². The SMILES string of the molecule is O=C(NCC1COCCO1)c1[nH]c2ccccc2c1Cl. The molecule has 0 spiro atoms. The van der Waals surface area contributed by atoms with E-state index in [1.807, 2.05) is 24.3 Å². The first-order valence-electron chi connectivity index (χ1n) is 6.49. The number of carbonyl (C=O) groups excluding carboxylic acids is 1. The van der Waals surface area contributed by atoms with Gasteiger partial charge in [-0.25, -0.2) is 0 Å². The molecule has 1 atom stereocenters. The van der Waals surface area contributed by atoms with Gasteiger partial charge in [-0.1, -0.05) is 29.8 Å². The van der Waals surface area contributed by atoms with Crippen molar-refractivity contribution in [3.05, 3.63) is 35.0 Å². The molecule has 1 aliphatic heterocycles. The van der Waals surface area contributed by atoms with Crippen LogP contribution < -0.4 is 5.32 Å². The predicted molar refractivity (Wildman–Crippen MR) is 76.2 cm³/mol. The van der Waals surface area contributed by atoms with Crippen LogP contribution in [0.25, 0.3) is 10.9 Å². The van der Waals surface area contributed by atoms with Gasteiger partial charge in [-0.3, -0.25) is 4.79 Å². The van der Waals surface area contributed by atoms with Gasteiger partial charge in [-0.15, -0.1) is 0 Å². The van der Waals surface area contributed by atoms with E-state index >= 15 is 0 Å². The van der Waals surface area contributed by atoms with Gasteiger partial charge in [0.15, 0.2) is 0 Å². The average molecular weight is 295 g/mol. The number of para-hydroxylation sites is 1. The lowest BCUT2D eigenvalue weighted by Gasteiger charge is -2.22. The number of H-pyrrole nitrogens is 1. The Morgan fingerprint density at radius 3 is 3.00 bits per heavy atom. The molecular formula is C14H15ClN2O3. The maximum Gasteiger partial charge on any atom is 0.269 e. The Hall–Kier alpha value is -1.56. The molecule has 1 amide bonds. The Morgan fingerprint density at radius 1 is 1.40 bits per heavy atom. The summed E-state index contributed by atoms with van der Waals surface area (Å²) in [6.45, 7) is 2.08. The zero-order valence-electron chi connectivity index (χ0n) is 10.8. The zero-order chi connectivity index (χ0) is 13.9. The van der Waals surface area contributed by atoms with E-state index in [1.54, 1.807) is 0 Å². The third-order valence-electron chi connectivity index (χ3n) is 3.25. The number of nitrogens with one attached hydrogen (secondary N) is 2. The summed E-state index contributed by atoms with van der Waals surface area (Å²) in [5.41, 5.74) is 1.23. The Labute approximate surface area is 121 Å². The molecule has 1 aromatic heterocycles. The van der Waals surface area contributed by atoms with Gasteiger partial charge in [-0.05, 0) is 6.07 Å². The van der Waals surface area contributed by atoms with E-state index in [-0.39, 0.29) is 12.0 Å². The molecule has 0 bridgehead atoms. The average Bonchev–Trinajstić information content (AvgIpc) is 2.84. The highest BCUT2D eigenvalue weighted by Crippen LogP contribution is 2.26. The van der Waals surface area contributed by atoms with Crippen molar-refractivity contribution in [2.24, 2.45) is 0 Å². The second-order valence-electron chi connectivity index (χ2n) is 4.64. The fourth-order valence-corrected chi connectivity index (χ4v) is 2.51. The molecule has 3 rings (SSSR count). The zero-order valence-corrected chi connectivity index (χ0v) is 11.6. The number of aromatic nitrogens is 1. The Bertz CT molecular complexity index is 620. The molecule has 20 heavy (non-hydrogen) atoms. The highest BCUT2D eigenvalue weighted by molar-refractivity contribution is 6.38. The molecule has 6 heteroatoms. The van der Waals surface area contributed by atoms with Crippen LogP contribution in [0.15, 0.2) is 24.3 Å². The summed E-state index contributed by atoms with van der Waals surface area (Å²) in [5, 5.41) is 4.10. The number of aromatic amines is 1. The highest BCUT2D eigenvalue weighted by Gasteiger charge is 2.19. The largest absolute Gasteiger partial charge is 0.376 e. The maximum absolute atomic E-state index is 12.2. The van der Waals surface area contributed by atoms with Crippen LogP contribution in [0, 0.1) is 0 Å². The van der Waals surface area contributed by atoms with Crippen molar-refractivity contribution in [3.63, 3.8) is 0 Å². The Morgan fingerprint density at radius 2 is 2.25 bits per heavy atom. The molecule has 2 aromatic rings. The first-order chi connectivity index (χ1) is 9.75. The molecule has 2 heterocycles. The van der Waals surface area contributed by atoms with Crippen LogP contribution in [-0.2, 0) is 9.47 Å². The number of amides is 1. The highest BCUT2D eigenvalue weighted by atomic mass is 35.5. The number of benzene rings is 1. The minimum atomic E-state index is -0.236. The van der Waals surface area contributed by atoms with Crippen molar-refractivity contribution in [1.82, 2.24) is 10.3 Å². The lowest BCUT2D eigenvalue weighted by Crippen LogP contribution is -2.39.